The van der Waals surface area contributed by atoms with E-state index in [0.717, 1.165) is 9.87 Å². The van der Waals surface area contributed by atoms with Crippen molar-refractivity contribution in [3.8, 4) is 5.75 Å². The number of nitrogens with zero attached hydrogens (tertiary/aromatic N) is 2. The first-order valence-corrected chi connectivity index (χ1v) is 10.5. The van der Waals surface area contributed by atoms with Crippen molar-refractivity contribution in [3.05, 3.63) is 90.2 Å². The third kappa shape index (κ3) is 3.23. The summed E-state index contributed by atoms with van der Waals surface area (Å²) in [5.74, 6) is 0.649. The van der Waals surface area contributed by atoms with E-state index in [2.05, 4.69) is 0 Å². The predicted octanol–water partition coefficient (Wildman–Crippen LogP) is 4.01. The van der Waals surface area contributed by atoms with Crippen LogP contribution in [0.3, 0.4) is 0 Å². The lowest BCUT2D eigenvalue weighted by molar-refractivity contribution is 0.236. The van der Waals surface area contributed by atoms with Gasteiger partial charge in [0, 0.05) is 0 Å². The van der Waals surface area contributed by atoms with Gasteiger partial charge in [-0.3, -0.25) is 4.90 Å². The molecule has 1 atom stereocenters. The Labute approximate surface area is 170 Å². The van der Waals surface area contributed by atoms with Crippen LogP contribution in [0.4, 0.5) is 10.5 Å². The van der Waals surface area contributed by atoms with Crippen LogP contribution in [0, 0.1) is 6.92 Å². The Morgan fingerprint density at radius 1 is 0.931 bits per heavy atom. The predicted molar refractivity (Wildman–Crippen MR) is 111 cm³/mol. The van der Waals surface area contributed by atoms with E-state index in [0.29, 0.717) is 17.1 Å². The summed E-state index contributed by atoms with van der Waals surface area (Å²) in [6.07, 6.45) is 8.81. The monoisotopic (exact) mass is 408 g/mol. The molecule has 1 heterocycles. The van der Waals surface area contributed by atoms with Crippen molar-refractivity contribution in [2.75, 3.05) is 12.0 Å². The second-order valence-corrected chi connectivity index (χ2v) is 8.55. The Morgan fingerprint density at radius 2 is 1.62 bits per heavy atom. The molecule has 0 aromatic heterocycles. The Bertz CT molecular complexity index is 1130. The van der Waals surface area contributed by atoms with Crippen molar-refractivity contribution in [2.45, 2.75) is 17.9 Å². The minimum absolute atomic E-state index is 0.0815. The zero-order valence-corrected chi connectivity index (χ0v) is 16.8. The first-order chi connectivity index (χ1) is 13.9. The summed E-state index contributed by atoms with van der Waals surface area (Å²) in [7, 11) is -2.49. The summed E-state index contributed by atoms with van der Waals surface area (Å²) in [6.45, 7) is 1.88. The number of urea groups is 1. The van der Waals surface area contributed by atoms with Crippen LogP contribution in [0.1, 0.15) is 5.56 Å². The zero-order valence-electron chi connectivity index (χ0n) is 16.0. The fourth-order valence-corrected chi connectivity index (χ4v) is 4.86. The van der Waals surface area contributed by atoms with Crippen LogP contribution in [0.15, 0.2) is 89.5 Å². The normalized spacial score (nSPS) is 18.5. The molecular formula is C22H20N2O4S. The fourth-order valence-electron chi connectivity index (χ4n) is 3.38. The number of aryl methyl sites for hydroxylation is 1. The number of carbonyl (C=O) groups excluding carboxylic acids is 1. The molecular weight excluding hydrogens is 388 g/mol. The largest absolute Gasteiger partial charge is 0.497 e. The molecule has 0 bridgehead atoms. The third-order valence-corrected chi connectivity index (χ3v) is 6.65. The molecule has 1 unspecified atom stereocenters. The second-order valence-electron chi connectivity index (χ2n) is 6.74. The maximum Gasteiger partial charge on any atom is 0.343 e. The SMILES string of the molecule is COc1ccc(N2C(=O)N(S(=O)(=O)c3ccc(C)cc3)C3C=CC=CC=C32)cc1. The number of benzene rings is 2. The first kappa shape index (κ1) is 19.0. The van der Waals surface area contributed by atoms with E-state index >= 15 is 0 Å². The van der Waals surface area contributed by atoms with Crippen LogP contribution >= 0.6 is 0 Å². The van der Waals surface area contributed by atoms with E-state index in [1.807, 2.05) is 6.92 Å². The average molecular weight is 408 g/mol. The summed E-state index contributed by atoms with van der Waals surface area (Å²) in [4.78, 5) is 14.9. The lowest BCUT2D eigenvalue weighted by atomic mass is 10.2. The second kappa shape index (κ2) is 7.25. The number of sulfonamides is 1. The summed E-state index contributed by atoms with van der Waals surface area (Å²) in [5.41, 5.74) is 2.08. The molecule has 1 saturated heterocycles. The topological polar surface area (TPSA) is 66.9 Å². The minimum atomic E-state index is -4.05. The lowest BCUT2D eigenvalue weighted by Gasteiger charge is -2.20. The molecule has 0 saturated carbocycles. The summed E-state index contributed by atoms with van der Waals surface area (Å²) in [5, 5.41) is 0. The standard InChI is InChI=1S/C22H20N2O4S/c1-16-8-14-19(15-9-16)29(26,27)24-21-7-5-3-4-6-20(21)23(22(24)25)17-10-12-18(28-2)13-11-17/h3-15,21H,1-2H3. The number of anilines is 1. The summed E-state index contributed by atoms with van der Waals surface area (Å²) < 4.78 is 32.9. The van der Waals surface area contributed by atoms with Crippen LogP contribution in [0.2, 0.25) is 0 Å². The molecule has 2 aromatic carbocycles. The van der Waals surface area contributed by atoms with E-state index in [4.69, 9.17) is 4.74 Å². The summed E-state index contributed by atoms with van der Waals surface area (Å²) in [6, 6.07) is 12.1. The molecule has 148 valence electrons. The number of amides is 2. The maximum absolute atomic E-state index is 13.4. The first-order valence-electron chi connectivity index (χ1n) is 9.08. The van der Waals surface area contributed by atoms with Crippen molar-refractivity contribution < 1.29 is 17.9 Å². The number of fused-ring (bicyclic) bond motifs is 1. The highest BCUT2D eigenvalue weighted by atomic mass is 32.2. The number of hydrogen-bond donors (Lipinski definition) is 0. The average Bonchev–Trinajstić information content (AvgIpc) is 2.84. The van der Waals surface area contributed by atoms with E-state index in [1.54, 1.807) is 73.9 Å². The third-order valence-electron chi connectivity index (χ3n) is 4.88. The van der Waals surface area contributed by atoms with Gasteiger partial charge in [-0.2, -0.15) is 0 Å². The number of ether oxygens (including phenoxy) is 1. The van der Waals surface area contributed by atoms with E-state index < -0.39 is 22.1 Å². The Hall–Kier alpha value is -3.32. The van der Waals surface area contributed by atoms with Crippen molar-refractivity contribution in [1.29, 1.82) is 0 Å². The molecule has 6 nitrogen and oxygen atoms in total. The number of rotatable bonds is 4. The van der Waals surface area contributed by atoms with Gasteiger partial charge in [0.05, 0.1) is 23.4 Å². The van der Waals surface area contributed by atoms with Crippen LogP contribution in [-0.2, 0) is 10.0 Å². The van der Waals surface area contributed by atoms with Crippen molar-refractivity contribution in [2.24, 2.45) is 0 Å². The van der Waals surface area contributed by atoms with Crippen LogP contribution < -0.4 is 9.64 Å². The van der Waals surface area contributed by atoms with Crippen molar-refractivity contribution in [1.82, 2.24) is 4.31 Å². The minimum Gasteiger partial charge on any atom is -0.497 e. The molecule has 1 fully saturated rings. The molecule has 2 aromatic rings. The molecule has 1 aliphatic carbocycles. The van der Waals surface area contributed by atoms with Gasteiger partial charge in [-0.25, -0.2) is 17.5 Å². The van der Waals surface area contributed by atoms with Gasteiger partial charge in [-0.1, -0.05) is 42.0 Å². The highest BCUT2D eigenvalue weighted by molar-refractivity contribution is 7.89. The zero-order chi connectivity index (χ0) is 20.6. The molecule has 2 aliphatic rings. The van der Waals surface area contributed by atoms with E-state index in [1.165, 1.54) is 17.0 Å². The van der Waals surface area contributed by atoms with E-state index in [-0.39, 0.29) is 4.90 Å². The van der Waals surface area contributed by atoms with E-state index in [9.17, 15) is 13.2 Å². The van der Waals surface area contributed by atoms with Gasteiger partial charge in [0.25, 0.3) is 10.0 Å². The molecule has 1 aliphatic heterocycles. The highest BCUT2D eigenvalue weighted by Gasteiger charge is 2.48. The maximum atomic E-state index is 13.4. The molecule has 0 spiro atoms. The highest BCUT2D eigenvalue weighted by Crippen LogP contribution is 2.37. The smallest absolute Gasteiger partial charge is 0.343 e. The van der Waals surface area contributed by atoms with Gasteiger partial charge in [0.15, 0.2) is 0 Å². The fraction of sp³-hybridized carbons (Fsp3) is 0.136. The van der Waals surface area contributed by atoms with Gasteiger partial charge < -0.3 is 4.74 Å². The van der Waals surface area contributed by atoms with Crippen LogP contribution in [0.25, 0.3) is 0 Å². The van der Waals surface area contributed by atoms with Crippen molar-refractivity contribution >= 4 is 21.7 Å². The Kier molecular flexibility index (Phi) is 4.76. The van der Waals surface area contributed by atoms with Gasteiger partial charge >= 0.3 is 6.03 Å². The number of hydrogen-bond acceptors (Lipinski definition) is 4. The van der Waals surface area contributed by atoms with Gasteiger partial charge in [-0.05, 0) is 49.4 Å². The lowest BCUT2D eigenvalue weighted by Crippen LogP contribution is -2.39. The molecule has 2 amide bonds. The van der Waals surface area contributed by atoms with Crippen LogP contribution in [-0.4, -0.2) is 31.9 Å². The molecule has 4 rings (SSSR count). The Morgan fingerprint density at radius 3 is 2.28 bits per heavy atom. The molecule has 7 heteroatoms. The van der Waals surface area contributed by atoms with Gasteiger partial charge in [0.1, 0.15) is 11.8 Å². The molecule has 29 heavy (non-hydrogen) atoms. The van der Waals surface area contributed by atoms with Crippen LogP contribution in [0.5, 0.6) is 5.75 Å². The van der Waals surface area contributed by atoms with Gasteiger partial charge in [0.2, 0.25) is 0 Å². The Balaban J connectivity index is 1.82. The summed E-state index contributed by atoms with van der Waals surface area (Å²) >= 11 is 0. The van der Waals surface area contributed by atoms with Gasteiger partial charge in [-0.15, -0.1) is 0 Å². The number of methoxy groups -OCH3 is 1. The number of carbonyl (C=O) groups is 1. The molecule has 0 N–H and O–H groups in total. The number of allylic oxidation sites excluding steroid dienone is 4. The quantitative estimate of drug-likeness (QED) is 0.767. The molecule has 0 radical (unpaired) electrons. The van der Waals surface area contributed by atoms with Crippen molar-refractivity contribution in [3.63, 3.8) is 0 Å².